The van der Waals surface area contributed by atoms with Crippen molar-refractivity contribution in [2.45, 2.75) is 13.0 Å². The summed E-state index contributed by atoms with van der Waals surface area (Å²) < 4.78 is 5.57. The van der Waals surface area contributed by atoms with E-state index in [1.807, 2.05) is 0 Å². The van der Waals surface area contributed by atoms with E-state index in [1.54, 1.807) is 24.3 Å². The van der Waals surface area contributed by atoms with E-state index in [2.05, 4.69) is 41.0 Å². The lowest BCUT2D eigenvalue weighted by atomic mass is 10.2. The zero-order chi connectivity index (χ0) is 17.6. The molecule has 1 aliphatic rings. The van der Waals surface area contributed by atoms with Gasteiger partial charge >= 0.3 is 0 Å². The molecule has 1 saturated heterocycles. The van der Waals surface area contributed by atoms with Gasteiger partial charge < -0.3 is 19.8 Å². The minimum Gasteiger partial charge on any atom is -0.508 e. The number of benzene rings is 2. The summed E-state index contributed by atoms with van der Waals surface area (Å²) in [5.41, 5.74) is 2.54. The molecule has 134 valence electrons. The maximum Gasteiger partial charge on any atom is 0.119 e. The number of piperazine rings is 1. The van der Waals surface area contributed by atoms with Gasteiger partial charge in [-0.3, -0.25) is 4.90 Å². The first-order valence-corrected chi connectivity index (χ1v) is 8.74. The van der Waals surface area contributed by atoms with Crippen molar-refractivity contribution < 1.29 is 14.9 Å². The molecule has 0 radical (unpaired) electrons. The van der Waals surface area contributed by atoms with Gasteiger partial charge in [0.2, 0.25) is 0 Å². The molecule has 0 aliphatic carbocycles. The number of phenolic OH excluding ortho intramolecular Hbond substituents is 1. The van der Waals surface area contributed by atoms with Crippen LogP contribution in [0.1, 0.15) is 5.56 Å². The molecule has 3 rings (SSSR count). The van der Waals surface area contributed by atoms with Crippen molar-refractivity contribution in [1.29, 1.82) is 0 Å². The smallest absolute Gasteiger partial charge is 0.119 e. The number of hydrogen-bond acceptors (Lipinski definition) is 5. The van der Waals surface area contributed by atoms with Gasteiger partial charge in [-0.05, 0) is 43.3 Å². The lowest BCUT2D eigenvalue weighted by molar-refractivity contribution is 0.0663. The lowest BCUT2D eigenvalue weighted by Crippen LogP contribution is -2.49. The van der Waals surface area contributed by atoms with Crippen molar-refractivity contribution in [3.63, 3.8) is 0 Å². The molecule has 1 unspecified atom stereocenters. The minimum atomic E-state index is -0.528. The predicted octanol–water partition coefficient (Wildman–Crippen LogP) is 2.26. The molecule has 1 fully saturated rings. The van der Waals surface area contributed by atoms with Crippen LogP contribution >= 0.6 is 0 Å². The number of aryl methyl sites for hydroxylation is 1. The van der Waals surface area contributed by atoms with Gasteiger partial charge in [0.05, 0.1) is 0 Å². The number of aromatic hydroxyl groups is 1. The van der Waals surface area contributed by atoms with Crippen LogP contribution in [0.15, 0.2) is 48.5 Å². The second-order valence-electron chi connectivity index (χ2n) is 6.58. The average Bonchev–Trinajstić information content (AvgIpc) is 2.63. The fraction of sp³-hybridized carbons (Fsp3) is 0.400. The summed E-state index contributed by atoms with van der Waals surface area (Å²) in [6.07, 6.45) is -0.528. The first-order chi connectivity index (χ1) is 12.1. The number of nitrogens with zero attached hydrogens (tertiary/aromatic N) is 2. The van der Waals surface area contributed by atoms with Crippen LogP contribution in [0.2, 0.25) is 0 Å². The highest BCUT2D eigenvalue weighted by molar-refractivity contribution is 5.47. The van der Waals surface area contributed by atoms with Crippen LogP contribution in [0.25, 0.3) is 0 Å². The lowest BCUT2D eigenvalue weighted by Gasteiger charge is -2.36. The molecule has 2 aromatic carbocycles. The number of aliphatic hydroxyl groups excluding tert-OH is 1. The topological polar surface area (TPSA) is 56.2 Å². The van der Waals surface area contributed by atoms with Gasteiger partial charge in [0.25, 0.3) is 0 Å². The number of anilines is 1. The van der Waals surface area contributed by atoms with E-state index in [0.29, 0.717) is 12.3 Å². The Hall–Kier alpha value is -2.24. The SMILES string of the molecule is Cc1ccc(N2CCN(CC(O)COc3ccc(O)cc3)CC2)cc1. The van der Waals surface area contributed by atoms with Crippen molar-refractivity contribution in [3.8, 4) is 11.5 Å². The highest BCUT2D eigenvalue weighted by Gasteiger charge is 2.19. The highest BCUT2D eigenvalue weighted by atomic mass is 16.5. The number of phenols is 1. The first-order valence-electron chi connectivity index (χ1n) is 8.74. The van der Waals surface area contributed by atoms with Crippen LogP contribution in [-0.2, 0) is 0 Å². The van der Waals surface area contributed by atoms with Crippen LogP contribution in [-0.4, -0.2) is 60.5 Å². The van der Waals surface area contributed by atoms with Crippen molar-refractivity contribution >= 4 is 5.69 Å². The molecular formula is C20H26N2O3. The summed E-state index contributed by atoms with van der Waals surface area (Å²) in [5, 5.41) is 19.5. The maximum atomic E-state index is 10.2. The van der Waals surface area contributed by atoms with Crippen molar-refractivity contribution in [2.24, 2.45) is 0 Å². The largest absolute Gasteiger partial charge is 0.508 e. The summed E-state index contributed by atoms with van der Waals surface area (Å²) in [6, 6.07) is 15.2. The predicted molar refractivity (Wildman–Crippen MR) is 99.4 cm³/mol. The minimum absolute atomic E-state index is 0.208. The Balaban J connectivity index is 1.40. The Morgan fingerprint density at radius 2 is 1.60 bits per heavy atom. The molecule has 0 saturated carbocycles. The molecule has 0 spiro atoms. The Morgan fingerprint density at radius 1 is 0.960 bits per heavy atom. The second-order valence-corrected chi connectivity index (χ2v) is 6.58. The molecule has 2 N–H and O–H groups in total. The number of aliphatic hydroxyl groups is 1. The van der Waals surface area contributed by atoms with Gasteiger partial charge in [0.15, 0.2) is 0 Å². The summed E-state index contributed by atoms with van der Waals surface area (Å²) >= 11 is 0. The zero-order valence-electron chi connectivity index (χ0n) is 14.6. The van der Waals surface area contributed by atoms with E-state index in [4.69, 9.17) is 4.74 Å². The second kappa shape index (κ2) is 8.23. The standard InChI is InChI=1S/C20H26N2O3/c1-16-2-4-17(5-3-16)22-12-10-21(11-13-22)14-19(24)15-25-20-8-6-18(23)7-9-20/h2-9,19,23-24H,10-15H2,1H3. The van der Waals surface area contributed by atoms with Crippen molar-refractivity contribution in [3.05, 3.63) is 54.1 Å². The molecule has 5 nitrogen and oxygen atoms in total. The van der Waals surface area contributed by atoms with Gasteiger partial charge in [-0.2, -0.15) is 0 Å². The number of β-amino-alcohol motifs (C(OH)–C–C–N with tert-alkyl or cyclic N) is 1. The summed E-state index contributed by atoms with van der Waals surface area (Å²) in [5.74, 6) is 0.861. The molecule has 5 heteroatoms. The van der Waals surface area contributed by atoms with Crippen LogP contribution in [0.3, 0.4) is 0 Å². The monoisotopic (exact) mass is 342 g/mol. The first kappa shape index (κ1) is 17.6. The molecule has 0 amide bonds. The number of ether oxygens (including phenoxy) is 1. The maximum absolute atomic E-state index is 10.2. The third kappa shape index (κ3) is 5.11. The quantitative estimate of drug-likeness (QED) is 0.843. The molecule has 1 atom stereocenters. The summed E-state index contributed by atoms with van der Waals surface area (Å²) in [7, 11) is 0. The van der Waals surface area contributed by atoms with Crippen LogP contribution < -0.4 is 9.64 Å². The number of hydrogen-bond donors (Lipinski definition) is 2. The Bertz CT molecular complexity index is 650. The normalized spacial score (nSPS) is 16.6. The van der Waals surface area contributed by atoms with Gasteiger partial charge in [-0.25, -0.2) is 0 Å². The fourth-order valence-corrected chi connectivity index (χ4v) is 3.03. The van der Waals surface area contributed by atoms with Gasteiger partial charge in [0, 0.05) is 38.4 Å². The van der Waals surface area contributed by atoms with E-state index in [9.17, 15) is 10.2 Å². The molecule has 0 aromatic heterocycles. The van der Waals surface area contributed by atoms with Gasteiger partial charge in [-0.15, -0.1) is 0 Å². The van der Waals surface area contributed by atoms with E-state index in [1.165, 1.54) is 11.3 Å². The molecule has 25 heavy (non-hydrogen) atoms. The molecule has 0 bridgehead atoms. The van der Waals surface area contributed by atoms with E-state index in [0.717, 1.165) is 26.2 Å². The van der Waals surface area contributed by atoms with E-state index in [-0.39, 0.29) is 12.4 Å². The third-order valence-corrected chi connectivity index (χ3v) is 4.52. The highest BCUT2D eigenvalue weighted by Crippen LogP contribution is 2.18. The number of rotatable bonds is 6. The molecule has 2 aromatic rings. The fourth-order valence-electron chi connectivity index (χ4n) is 3.03. The molecule has 1 heterocycles. The summed E-state index contributed by atoms with van der Waals surface area (Å²) in [6.45, 7) is 6.77. The Labute approximate surface area is 149 Å². The average molecular weight is 342 g/mol. The third-order valence-electron chi connectivity index (χ3n) is 4.52. The van der Waals surface area contributed by atoms with Crippen molar-refractivity contribution in [1.82, 2.24) is 4.90 Å². The van der Waals surface area contributed by atoms with Crippen LogP contribution in [0.4, 0.5) is 5.69 Å². The van der Waals surface area contributed by atoms with Crippen LogP contribution in [0, 0.1) is 6.92 Å². The van der Waals surface area contributed by atoms with Gasteiger partial charge in [-0.1, -0.05) is 17.7 Å². The van der Waals surface area contributed by atoms with Crippen LogP contribution in [0.5, 0.6) is 11.5 Å². The Morgan fingerprint density at radius 3 is 2.24 bits per heavy atom. The van der Waals surface area contributed by atoms with Gasteiger partial charge in [0.1, 0.15) is 24.2 Å². The zero-order valence-corrected chi connectivity index (χ0v) is 14.6. The summed E-state index contributed by atoms with van der Waals surface area (Å²) in [4.78, 5) is 4.66. The van der Waals surface area contributed by atoms with Crippen molar-refractivity contribution in [2.75, 3.05) is 44.2 Å². The van der Waals surface area contributed by atoms with E-state index < -0.39 is 6.10 Å². The Kier molecular flexibility index (Phi) is 5.79. The van der Waals surface area contributed by atoms with E-state index >= 15 is 0 Å². The molecular weight excluding hydrogens is 316 g/mol. The molecule has 1 aliphatic heterocycles.